The fraction of sp³-hybridized carbons (Fsp3) is 0.0704. The van der Waals surface area contributed by atoms with Crippen LogP contribution in [-0.2, 0) is 6.04 Å². The maximum Gasteiger partial charge on any atom is 0.0849 e. The van der Waals surface area contributed by atoms with Crippen molar-refractivity contribution >= 4 is 148 Å². The highest BCUT2D eigenvalue weighted by atomic mass is 28.3. The molecule has 25 aromatic rings. The van der Waals surface area contributed by atoms with Crippen molar-refractivity contribution in [3.63, 3.8) is 0 Å². The van der Waals surface area contributed by atoms with Gasteiger partial charge in [-0.2, -0.15) is 0 Å². The summed E-state index contributed by atoms with van der Waals surface area (Å²) in [5, 5.41) is 31.2. The van der Waals surface area contributed by atoms with Crippen LogP contribution < -0.4 is 5.19 Å². The van der Waals surface area contributed by atoms with Crippen LogP contribution in [0.15, 0.2) is 492 Å². The molecule has 25 aromatic carbocycles. The normalized spacial score (nSPS) is 12.9. The minimum atomic E-state index is -2.13. The largest absolute Gasteiger partial charge is 0.0991 e. The van der Waals surface area contributed by atoms with Gasteiger partial charge in [-0.15, -0.1) is 0 Å². The molecular formula is C142H104Si. The molecular weight excluding hydrogens is 1730 g/mol. The molecule has 1 aliphatic carbocycles. The quantitative estimate of drug-likeness (QED) is 0.0456. The van der Waals surface area contributed by atoms with Crippen LogP contribution >= 0.6 is 0 Å². The molecule has 0 unspecified atom stereocenters. The maximum absolute atomic E-state index is 3.99. The average molecular weight is 1840 g/mol. The molecule has 0 aromatic heterocycles. The summed E-state index contributed by atoms with van der Waals surface area (Å²) >= 11 is 0. The van der Waals surface area contributed by atoms with Gasteiger partial charge in [0.25, 0.3) is 0 Å². The van der Waals surface area contributed by atoms with E-state index in [0.717, 1.165) is 11.6 Å². The minimum absolute atomic E-state index is 0.646. The van der Waals surface area contributed by atoms with Crippen LogP contribution in [-0.4, -0.2) is 8.07 Å². The van der Waals surface area contributed by atoms with Crippen LogP contribution in [0, 0.1) is 0 Å². The van der Waals surface area contributed by atoms with Gasteiger partial charge in [0.15, 0.2) is 0 Å². The Hall–Kier alpha value is -16.9. The van der Waals surface area contributed by atoms with Crippen LogP contribution in [0.4, 0.5) is 0 Å². The summed E-state index contributed by atoms with van der Waals surface area (Å²) in [5.74, 6) is 0.646. The molecule has 0 spiro atoms. The fourth-order valence-corrected chi connectivity index (χ4v) is 26.9. The maximum atomic E-state index is 3.99. The second kappa shape index (κ2) is 36.1. The number of hydrogen-bond acceptors (Lipinski definition) is 0. The molecule has 1 saturated carbocycles. The van der Waals surface area contributed by atoms with Crippen molar-refractivity contribution in [1.29, 1.82) is 0 Å². The predicted octanol–water partition coefficient (Wildman–Crippen LogP) is 39.8. The molecule has 0 atom stereocenters. The van der Waals surface area contributed by atoms with Gasteiger partial charge in [0.2, 0.25) is 0 Å². The van der Waals surface area contributed by atoms with Gasteiger partial charge in [0, 0.05) is 0 Å². The Labute approximate surface area is 836 Å². The summed E-state index contributed by atoms with van der Waals surface area (Å²) in [6.07, 6.45) is 14.7. The molecule has 0 saturated heterocycles. The zero-order valence-electron chi connectivity index (χ0n) is 80.7. The van der Waals surface area contributed by atoms with E-state index in [1.807, 2.05) is 12.2 Å². The molecule has 0 bridgehead atoms. The van der Waals surface area contributed by atoms with Crippen molar-refractivity contribution in [2.75, 3.05) is 0 Å². The highest BCUT2D eigenvalue weighted by Crippen LogP contribution is 2.54. The van der Waals surface area contributed by atoms with Gasteiger partial charge in [0.1, 0.15) is 0 Å². The third-order valence-electron chi connectivity index (χ3n) is 31.6. The zero-order chi connectivity index (χ0) is 95.3. The summed E-state index contributed by atoms with van der Waals surface area (Å²) < 4.78 is 0. The van der Waals surface area contributed by atoms with E-state index < -0.39 is 8.07 Å². The molecule has 0 amide bonds. The van der Waals surface area contributed by atoms with E-state index in [4.69, 9.17) is 0 Å². The SMILES string of the molecule is C=C/C=C\C=C(/C)c1ccc2c(-c3ccc(-c4ccc([Si](C)(C)Cc5ccc(-c6c7ccccc7c(-c7ccc(C8CCCCC8)cc7)c7ccc(-c8cccc9ccccc89)cc67)c6ccccc56)cc4)cc3)c3ccccc3c(-c3ccc(-c4cc(-c5ccc(-c6c7ccccc7c(-c7ccc8ccccc8c7)c7cc(-c8ccc9ccccc9c8)ccc67)c6ccccc56)c5ccccc5c4)cc3)c2c1. The first-order chi connectivity index (χ1) is 70.5. The summed E-state index contributed by atoms with van der Waals surface area (Å²) in [7, 11) is -2.13. The number of rotatable bonds is 18. The standard InChI is InChI=1S/C142H104Si/c1-5-6-8-30-91(2)103-71-77-130-134(86-103)139(102-65-57-98(58-66-102)112-85-108-38-16-18-41-116(108)133(89-112)121-81-82-129(120-45-22-21-44-119(120)121)141-126-50-27-26-49-125(126)140(110-68-60-94-34-12-14-37-105(94)84-110)135-87-107(72-78-132(135)141)106-67-59-93-33-11-13-36-104(93)83-106)123-47-24-23-46-122(123)137(130)100-63-55-96(56-64-100)97-69-75-113(76-70-97)143(3,4)90-111-74-80-128(118-43-20-19-42-117(111)118)142-127-51-28-25-48-124(127)138(101-61-53-95(54-62-101)92-31-9-7-10-32-92)131-79-73-109(88-136(131)142)115-52-29-39-99-35-15-17-40-114(99)115/h5-6,8,11-30,33-89,92H,1,7,9-10,31-32,90H2,2-4H3/b8-6-,91-30+. The van der Waals surface area contributed by atoms with Crippen molar-refractivity contribution in [2.45, 2.75) is 64.1 Å². The van der Waals surface area contributed by atoms with Crippen molar-refractivity contribution in [3.8, 4) is 122 Å². The number of allylic oxidation sites excluding steroid dienone is 5. The van der Waals surface area contributed by atoms with E-state index in [1.54, 1.807) is 0 Å². The van der Waals surface area contributed by atoms with E-state index in [2.05, 4.69) is 500 Å². The van der Waals surface area contributed by atoms with Gasteiger partial charge in [-0.05, 0) is 348 Å². The highest BCUT2D eigenvalue weighted by Gasteiger charge is 2.30. The predicted molar refractivity (Wildman–Crippen MR) is 622 cm³/mol. The van der Waals surface area contributed by atoms with Crippen molar-refractivity contribution in [1.82, 2.24) is 0 Å². The zero-order valence-corrected chi connectivity index (χ0v) is 81.7. The Morgan fingerprint density at radius 3 is 1.21 bits per heavy atom. The van der Waals surface area contributed by atoms with Crippen LogP contribution in [0.5, 0.6) is 0 Å². The second-order valence-electron chi connectivity index (χ2n) is 40.3. The lowest BCUT2D eigenvalue weighted by molar-refractivity contribution is 0.443. The Morgan fingerprint density at radius 2 is 0.608 bits per heavy atom. The number of benzene rings is 25. The lowest BCUT2D eigenvalue weighted by atomic mass is 9.81. The van der Waals surface area contributed by atoms with Crippen molar-refractivity contribution in [2.24, 2.45) is 0 Å². The van der Waals surface area contributed by atoms with E-state index in [0.29, 0.717) is 5.92 Å². The first-order valence-corrected chi connectivity index (χ1v) is 54.1. The van der Waals surface area contributed by atoms with Gasteiger partial charge in [-0.1, -0.05) is 487 Å². The van der Waals surface area contributed by atoms with Crippen molar-refractivity contribution in [3.05, 3.63) is 509 Å². The Morgan fingerprint density at radius 1 is 0.238 bits per heavy atom. The van der Waals surface area contributed by atoms with Crippen LogP contribution in [0.3, 0.4) is 0 Å². The first-order valence-electron chi connectivity index (χ1n) is 50.9. The van der Waals surface area contributed by atoms with Crippen LogP contribution in [0.2, 0.25) is 13.1 Å². The molecule has 0 nitrogen and oxygen atoms in total. The minimum Gasteiger partial charge on any atom is -0.0991 e. The van der Waals surface area contributed by atoms with Gasteiger partial charge in [0.05, 0.1) is 8.07 Å². The summed E-state index contributed by atoms with van der Waals surface area (Å²) in [6, 6.07) is 177. The molecule has 676 valence electrons. The molecule has 0 radical (unpaired) electrons. The number of fused-ring (bicyclic) bond motifs is 12. The summed E-state index contributed by atoms with van der Waals surface area (Å²) in [5.41, 5.74) is 32.1. The Bertz CT molecular complexity index is 9540. The van der Waals surface area contributed by atoms with Gasteiger partial charge >= 0.3 is 0 Å². The fourth-order valence-electron chi connectivity index (χ4n) is 24.4. The van der Waals surface area contributed by atoms with Crippen LogP contribution in [0.25, 0.3) is 257 Å². The highest BCUT2D eigenvalue weighted by molar-refractivity contribution is 6.89. The lowest BCUT2D eigenvalue weighted by Crippen LogP contribution is -2.44. The molecule has 1 fully saturated rings. The van der Waals surface area contributed by atoms with Gasteiger partial charge < -0.3 is 0 Å². The molecule has 26 rings (SSSR count). The average Bonchev–Trinajstić information content (AvgIpc) is 0.724. The van der Waals surface area contributed by atoms with E-state index in [1.165, 1.54) is 306 Å². The molecule has 1 aliphatic rings. The number of hydrogen-bond donors (Lipinski definition) is 0. The third kappa shape index (κ3) is 15.4. The van der Waals surface area contributed by atoms with Gasteiger partial charge in [-0.25, -0.2) is 0 Å². The molecule has 0 N–H and O–H groups in total. The molecule has 0 heterocycles. The van der Waals surface area contributed by atoms with E-state index in [-0.39, 0.29) is 0 Å². The second-order valence-corrected chi connectivity index (χ2v) is 45.0. The molecule has 1 heteroatoms. The van der Waals surface area contributed by atoms with E-state index in [9.17, 15) is 0 Å². The summed E-state index contributed by atoms with van der Waals surface area (Å²) in [6.45, 7) is 11.3. The van der Waals surface area contributed by atoms with Crippen molar-refractivity contribution < 1.29 is 0 Å². The first kappa shape index (κ1) is 86.4. The monoisotopic (exact) mass is 1840 g/mol. The summed E-state index contributed by atoms with van der Waals surface area (Å²) in [4.78, 5) is 0. The Balaban J connectivity index is 0.527. The topological polar surface area (TPSA) is 0 Å². The smallest absolute Gasteiger partial charge is 0.0849 e. The Kier molecular flexibility index (Phi) is 21.8. The molecule has 0 aliphatic heterocycles. The lowest BCUT2D eigenvalue weighted by Gasteiger charge is -2.25. The molecule has 143 heavy (non-hydrogen) atoms. The third-order valence-corrected chi connectivity index (χ3v) is 34.7. The van der Waals surface area contributed by atoms with E-state index >= 15 is 0 Å². The van der Waals surface area contributed by atoms with Crippen LogP contribution in [0.1, 0.15) is 61.6 Å². The van der Waals surface area contributed by atoms with Gasteiger partial charge in [-0.3, -0.25) is 0 Å².